The van der Waals surface area contributed by atoms with Crippen LogP contribution in [0.4, 0.5) is 4.39 Å². The molecule has 3 N–H and O–H groups in total. The molecule has 0 fully saturated rings. The molecule has 0 atom stereocenters. The molecule has 0 aliphatic carbocycles. The van der Waals surface area contributed by atoms with E-state index >= 15 is 0 Å². The lowest BCUT2D eigenvalue weighted by Crippen LogP contribution is -2.39. The van der Waals surface area contributed by atoms with E-state index in [0.29, 0.717) is 0 Å². The third-order valence-electron chi connectivity index (χ3n) is 2.80. The van der Waals surface area contributed by atoms with Crippen molar-refractivity contribution in [1.82, 2.24) is 4.72 Å². The van der Waals surface area contributed by atoms with Gasteiger partial charge in [0.25, 0.3) is 0 Å². The lowest BCUT2D eigenvalue weighted by molar-refractivity contribution is 0.0276. The molecule has 5 nitrogen and oxygen atoms in total. The van der Waals surface area contributed by atoms with Gasteiger partial charge in [0.2, 0.25) is 10.0 Å². The zero-order valence-electron chi connectivity index (χ0n) is 12.2. The highest BCUT2D eigenvalue weighted by Gasteiger charge is 2.23. The van der Waals surface area contributed by atoms with E-state index in [-0.39, 0.29) is 23.5 Å². The minimum Gasteiger partial charge on any atom is -0.377 e. The Balaban J connectivity index is 3.14. The second-order valence-electron chi connectivity index (χ2n) is 4.93. The molecule has 1 rings (SSSR count). The van der Waals surface area contributed by atoms with Crippen LogP contribution in [0.15, 0.2) is 23.1 Å². The van der Waals surface area contributed by atoms with E-state index in [2.05, 4.69) is 16.6 Å². The fourth-order valence-electron chi connectivity index (χ4n) is 1.40. The Hall–Kier alpha value is -1.46. The molecular formula is C14H19FN2O3S. The van der Waals surface area contributed by atoms with Gasteiger partial charge in [0.15, 0.2) is 0 Å². The molecule has 7 heteroatoms. The van der Waals surface area contributed by atoms with Gasteiger partial charge in [-0.05, 0) is 32.0 Å². The van der Waals surface area contributed by atoms with Crippen LogP contribution in [0.25, 0.3) is 0 Å². The van der Waals surface area contributed by atoms with Gasteiger partial charge < -0.3 is 10.5 Å². The van der Waals surface area contributed by atoms with Gasteiger partial charge in [-0.3, -0.25) is 0 Å². The Morgan fingerprint density at radius 3 is 2.67 bits per heavy atom. The molecule has 0 saturated carbocycles. The maximum absolute atomic E-state index is 13.3. The summed E-state index contributed by atoms with van der Waals surface area (Å²) in [5, 5.41) is 0. The second kappa shape index (κ2) is 7.00. The van der Waals surface area contributed by atoms with E-state index in [1.165, 1.54) is 13.2 Å². The average molecular weight is 314 g/mol. The van der Waals surface area contributed by atoms with Crippen molar-refractivity contribution < 1.29 is 17.5 Å². The van der Waals surface area contributed by atoms with Crippen LogP contribution in [0.3, 0.4) is 0 Å². The van der Waals surface area contributed by atoms with Crippen LogP contribution < -0.4 is 10.5 Å². The van der Waals surface area contributed by atoms with Crippen molar-refractivity contribution in [2.75, 3.05) is 20.2 Å². The van der Waals surface area contributed by atoms with Crippen molar-refractivity contribution in [2.45, 2.75) is 24.3 Å². The molecule has 0 aliphatic heterocycles. The Kier molecular flexibility index (Phi) is 5.87. The Morgan fingerprint density at radius 1 is 1.43 bits per heavy atom. The first-order valence-electron chi connectivity index (χ1n) is 6.25. The summed E-state index contributed by atoms with van der Waals surface area (Å²) in [4.78, 5) is -0.0863. The monoisotopic (exact) mass is 314 g/mol. The standard InChI is InChI=1S/C14H19FN2O3S/c1-14(2,20-3)10-17-21(18,19)13-7-6-12(15)9-11(13)5-4-8-16/h6-7,9,17H,8,10,16H2,1-3H3. The van der Waals surface area contributed by atoms with Crippen LogP contribution >= 0.6 is 0 Å². The third-order valence-corrected chi connectivity index (χ3v) is 4.26. The molecule has 21 heavy (non-hydrogen) atoms. The summed E-state index contributed by atoms with van der Waals surface area (Å²) in [6.45, 7) is 3.62. The van der Waals surface area contributed by atoms with Crippen molar-refractivity contribution >= 4 is 10.0 Å². The molecule has 0 bridgehead atoms. The average Bonchev–Trinajstić information content (AvgIpc) is 2.43. The first-order chi connectivity index (χ1) is 9.72. The summed E-state index contributed by atoms with van der Waals surface area (Å²) in [6, 6.07) is 3.32. The maximum Gasteiger partial charge on any atom is 0.241 e. The quantitative estimate of drug-likeness (QED) is 0.789. The zero-order valence-corrected chi connectivity index (χ0v) is 13.1. The second-order valence-corrected chi connectivity index (χ2v) is 6.67. The highest BCUT2D eigenvalue weighted by molar-refractivity contribution is 7.89. The van der Waals surface area contributed by atoms with E-state index in [1.54, 1.807) is 13.8 Å². The van der Waals surface area contributed by atoms with Gasteiger partial charge in [0.1, 0.15) is 5.82 Å². The fraction of sp³-hybridized carbons (Fsp3) is 0.429. The summed E-state index contributed by atoms with van der Waals surface area (Å²) in [5.41, 5.74) is 4.67. The molecule has 116 valence electrons. The van der Waals surface area contributed by atoms with Crippen LogP contribution in [-0.2, 0) is 14.8 Å². The summed E-state index contributed by atoms with van der Waals surface area (Å²) >= 11 is 0. The zero-order chi connectivity index (χ0) is 16.1. The van der Waals surface area contributed by atoms with Crippen LogP contribution in [0.5, 0.6) is 0 Å². The van der Waals surface area contributed by atoms with Gasteiger partial charge >= 0.3 is 0 Å². The minimum atomic E-state index is -3.82. The SMILES string of the molecule is COC(C)(C)CNS(=O)(=O)c1ccc(F)cc1C#CCN. The molecular weight excluding hydrogens is 295 g/mol. The Morgan fingerprint density at radius 2 is 2.10 bits per heavy atom. The molecule has 0 amide bonds. The van der Waals surface area contributed by atoms with E-state index < -0.39 is 21.4 Å². The highest BCUT2D eigenvalue weighted by atomic mass is 32.2. The van der Waals surface area contributed by atoms with Crippen molar-refractivity contribution in [2.24, 2.45) is 5.73 Å². The lowest BCUT2D eigenvalue weighted by Gasteiger charge is -2.23. The molecule has 0 saturated heterocycles. The molecule has 0 aliphatic rings. The number of benzene rings is 1. The molecule has 1 aromatic carbocycles. The third kappa shape index (κ3) is 5.10. The number of nitrogens with two attached hydrogens (primary N) is 1. The number of methoxy groups -OCH3 is 1. The van der Waals surface area contributed by atoms with Gasteiger partial charge in [-0.25, -0.2) is 17.5 Å². The van der Waals surface area contributed by atoms with Gasteiger partial charge in [-0.15, -0.1) is 0 Å². The molecule has 0 radical (unpaired) electrons. The topological polar surface area (TPSA) is 81.4 Å². The first-order valence-corrected chi connectivity index (χ1v) is 7.73. The number of hydrogen-bond acceptors (Lipinski definition) is 4. The molecule has 0 spiro atoms. The highest BCUT2D eigenvalue weighted by Crippen LogP contribution is 2.17. The number of halogens is 1. The minimum absolute atomic E-state index is 0.0557. The maximum atomic E-state index is 13.3. The van der Waals surface area contributed by atoms with E-state index in [1.807, 2.05) is 0 Å². The van der Waals surface area contributed by atoms with Crippen LogP contribution in [0, 0.1) is 17.7 Å². The van der Waals surface area contributed by atoms with Gasteiger partial charge in [-0.1, -0.05) is 11.8 Å². The van der Waals surface area contributed by atoms with Crippen molar-refractivity contribution in [3.63, 3.8) is 0 Å². The molecule has 0 heterocycles. The fourth-order valence-corrected chi connectivity index (χ4v) is 2.74. The number of hydrogen-bond donors (Lipinski definition) is 2. The number of rotatable bonds is 5. The first kappa shape index (κ1) is 17.6. The summed E-state index contributed by atoms with van der Waals surface area (Å²) in [5.74, 6) is 4.53. The Bertz CT molecular complexity index is 661. The summed E-state index contributed by atoms with van der Waals surface area (Å²) in [7, 11) is -2.33. The summed E-state index contributed by atoms with van der Waals surface area (Å²) < 4.78 is 45.4. The van der Waals surface area contributed by atoms with E-state index in [4.69, 9.17) is 10.5 Å². The van der Waals surface area contributed by atoms with Gasteiger partial charge in [-0.2, -0.15) is 0 Å². The van der Waals surface area contributed by atoms with Crippen molar-refractivity contribution in [1.29, 1.82) is 0 Å². The van der Waals surface area contributed by atoms with Crippen LogP contribution in [0.1, 0.15) is 19.4 Å². The van der Waals surface area contributed by atoms with Gasteiger partial charge in [0, 0.05) is 19.2 Å². The molecule has 1 aromatic rings. The number of ether oxygens (including phenoxy) is 1. The van der Waals surface area contributed by atoms with E-state index in [0.717, 1.165) is 12.1 Å². The number of nitrogens with one attached hydrogen (secondary N) is 1. The normalized spacial score (nSPS) is 11.9. The predicted octanol–water partition coefficient (Wildman–Crippen LogP) is 0.839. The Labute approximate surface area is 124 Å². The number of sulfonamides is 1. The lowest BCUT2D eigenvalue weighted by atomic mass is 10.1. The predicted molar refractivity (Wildman–Crippen MR) is 78.6 cm³/mol. The van der Waals surface area contributed by atoms with Crippen molar-refractivity contribution in [3.8, 4) is 11.8 Å². The van der Waals surface area contributed by atoms with Crippen molar-refractivity contribution in [3.05, 3.63) is 29.6 Å². The van der Waals surface area contributed by atoms with Crippen LogP contribution in [-0.4, -0.2) is 34.2 Å². The smallest absolute Gasteiger partial charge is 0.241 e. The van der Waals surface area contributed by atoms with Crippen LogP contribution in [0.2, 0.25) is 0 Å². The summed E-state index contributed by atoms with van der Waals surface area (Å²) in [6.07, 6.45) is 0. The molecule has 0 aromatic heterocycles. The molecule has 0 unspecified atom stereocenters. The van der Waals surface area contributed by atoms with Gasteiger partial charge in [0.05, 0.1) is 17.0 Å². The van der Waals surface area contributed by atoms with E-state index in [9.17, 15) is 12.8 Å². The largest absolute Gasteiger partial charge is 0.377 e.